The lowest BCUT2D eigenvalue weighted by molar-refractivity contribution is -0.113. The fourth-order valence-corrected chi connectivity index (χ4v) is 2.95. The van der Waals surface area contributed by atoms with Gasteiger partial charge in [-0.1, -0.05) is 35.5 Å². The van der Waals surface area contributed by atoms with Crippen LogP contribution in [-0.4, -0.2) is 21.9 Å². The summed E-state index contributed by atoms with van der Waals surface area (Å²) >= 11 is 6.96. The fourth-order valence-electron chi connectivity index (χ4n) is 2.15. The van der Waals surface area contributed by atoms with Crippen molar-refractivity contribution in [3.05, 3.63) is 64.8 Å². The minimum atomic E-state index is -0.495. The van der Waals surface area contributed by atoms with Crippen molar-refractivity contribution in [2.24, 2.45) is 0 Å². The number of halogens is 2. The first-order chi connectivity index (χ1) is 13.0. The molecule has 3 rings (SSSR count). The van der Waals surface area contributed by atoms with Crippen LogP contribution in [0.3, 0.4) is 0 Å². The predicted molar refractivity (Wildman–Crippen MR) is 101 cm³/mol. The van der Waals surface area contributed by atoms with E-state index >= 15 is 0 Å². The Labute approximate surface area is 164 Å². The van der Waals surface area contributed by atoms with Gasteiger partial charge in [0.25, 0.3) is 11.1 Å². The Bertz CT molecular complexity index is 951. The molecule has 0 fully saturated rings. The number of carbonyl (C=O) groups is 1. The molecule has 140 valence electrons. The van der Waals surface area contributed by atoms with Gasteiger partial charge in [-0.05, 0) is 42.8 Å². The van der Waals surface area contributed by atoms with Crippen LogP contribution >= 0.6 is 23.4 Å². The van der Waals surface area contributed by atoms with Crippen molar-refractivity contribution in [1.82, 2.24) is 10.2 Å². The summed E-state index contributed by atoms with van der Waals surface area (Å²) in [4.78, 5) is 11.9. The maximum absolute atomic E-state index is 13.5. The van der Waals surface area contributed by atoms with Gasteiger partial charge < -0.3 is 14.5 Å². The van der Waals surface area contributed by atoms with Gasteiger partial charge in [0.2, 0.25) is 5.91 Å². The lowest BCUT2D eigenvalue weighted by atomic mass is 10.2. The van der Waals surface area contributed by atoms with Gasteiger partial charge >= 0.3 is 0 Å². The lowest BCUT2D eigenvalue weighted by Crippen LogP contribution is -2.14. The van der Waals surface area contributed by atoms with Crippen molar-refractivity contribution in [2.45, 2.75) is 18.8 Å². The summed E-state index contributed by atoms with van der Waals surface area (Å²) in [6.45, 7) is 1.97. The van der Waals surface area contributed by atoms with E-state index in [2.05, 4.69) is 15.5 Å². The topological polar surface area (TPSA) is 77.2 Å². The molecule has 0 aliphatic carbocycles. The average Bonchev–Trinajstić information content (AvgIpc) is 3.09. The molecule has 0 spiro atoms. The Hall–Kier alpha value is -2.58. The van der Waals surface area contributed by atoms with E-state index in [0.717, 1.165) is 17.3 Å². The number of nitrogens with one attached hydrogen (secondary N) is 1. The smallest absolute Gasteiger partial charge is 0.277 e. The standard InChI is InChI=1S/C18H15ClFN3O3S/c1-11-8-12(19)6-7-15(11)25-9-17-22-23-18(26-17)27-10-16(24)21-14-5-3-2-4-13(14)20/h2-8H,9-10H2,1H3,(H,21,24). The number of anilines is 1. The highest BCUT2D eigenvalue weighted by molar-refractivity contribution is 7.99. The van der Waals surface area contributed by atoms with Gasteiger partial charge in [0.15, 0.2) is 6.61 Å². The van der Waals surface area contributed by atoms with E-state index in [-0.39, 0.29) is 35.1 Å². The second-order valence-corrected chi connectivity index (χ2v) is 6.84. The highest BCUT2D eigenvalue weighted by atomic mass is 35.5. The summed E-state index contributed by atoms with van der Waals surface area (Å²) in [5.41, 5.74) is 1.02. The molecular weight excluding hydrogens is 393 g/mol. The molecule has 0 bridgehead atoms. The van der Waals surface area contributed by atoms with Crippen molar-refractivity contribution in [2.75, 3.05) is 11.1 Å². The zero-order chi connectivity index (χ0) is 19.2. The second-order valence-electron chi connectivity index (χ2n) is 5.48. The molecule has 6 nitrogen and oxygen atoms in total. The van der Waals surface area contributed by atoms with Gasteiger partial charge in [0.1, 0.15) is 11.6 Å². The maximum atomic E-state index is 13.5. The van der Waals surface area contributed by atoms with Crippen LogP contribution in [-0.2, 0) is 11.4 Å². The summed E-state index contributed by atoms with van der Waals surface area (Å²) in [6.07, 6.45) is 0. The van der Waals surface area contributed by atoms with Crippen LogP contribution in [0.15, 0.2) is 52.1 Å². The summed E-state index contributed by atoms with van der Waals surface area (Å²) in [5.74, 6) is 0.0773. The lowest BCUT2D eigenvalue weighted by Gasteiger charge is -2.06. The number of rotatable bonds is 7. The number of aromatic nitrogens is 2. The molecule has 2 aromatic carbocycles. The molecule has 0 aliphatic rings. The second kappa shape index (κ2) is 8.88. The molecule has 3 aromatic rings. The van der Waals surface area contributed by atoms with Crippen LogP contribution < -0.4 is 10.1 Å². The van der Waals surface area contributed by atoms with E-state index in [1.807, 2.05) is 6.92 Å². The molecule has 1 aromatic heterocycles. The summed E-state index contributed by atoms with van der Waals surface area (Å²) in [5, 5.41) is 11.1. The van der Waals surface area contributed by atoms with E-state index < -0.39 is 5.82 Å². The third kappa shape index (κ3) is 5.45. The molecule has 9 heteroatoms. The normalized spacial score (nSPS) is 10.6. The maximum Gasteiger partial charge on any atom is 0.277 e. The van der Waals surface area contributed by atoms with Crippen molar-refractivity contribution in [1.29, 1.82) is 0 Å². The molecule has 0 atom stereocenters. The molecule has 0 radical (unpaired) electrons. The van der Waals surface area contributed by atoms with Crippen LogP contribution in [0.2, 0.25) is 5.02 Å². The van der Waals surface area contributed by atoms with E-state index in [4.69, 9.17) is 20.8 Å². The molecule has 0 saturated heterocycles. The van der Waals surface area contributed by atoms with Crippen molar-refractivity contribution >= 4 is 35.0 Å². The van der Waals surface area contributed by atoms with Crippen LogP contribution in [0.4, 0.5) is 10.1 Å². The van der Waals surface area contributed by atoms with Crippen molar-refractivity contribution < 1.29 is 18.3 Å². The van der Waals surface area contributed by atoms with Crippen LogP contribution in [0, 0.1) is 12.7 Å². The number of amides is 1. The summed E-state index contributed by atoms with van der Waals surface area (Å²) in [7, 11) is 0. The molecule has 1 heterocycles. The molecule has 0 aliphatic heterocycles. The SMILES string of the molecule is Cc1cc(Cl)ccc1OCc1nnc(SCC(=O)Nc2ccccc2F)o1. The first-order valence-corrected chi connectivity index (χ1v) is 9.26. The molecule has 0 unspecified atom stereocenters. The summed E-state index contributed by atoms with van der Waals surface area (Å²) < 4.78 is 24.6. The van der Waals surface area contributed by atoms with Crippen LogP contribution in [0.5, 0.6) is 5.75 Å². The zero-order valence-corrected chi connectivity index (χ0v) is 15.8. The Morgan fingerprint density at radius 2 is 2.11 bits per heavy atom. The quantitative estimate of drug-likeness (QED) is 0.582. The minimum absolute atomic E-state index is 0.00706. The number of aryl methyl sites for hydroxylation is 1. The fraction of sp³-hybridized carbons (Fsp3) is 0.167. The zero-order valence-electron chi connectivity index (χ0n) is 14.2. The van der Waals surface area contributed by atoms with Crippen LogP contribution in [0.25, 0.3) is 0 Å². The highest BCUT2D eigenvalue weighted by Gasteiger charge is 2.12. The number of benzene rings is 2. The van der Waals surface area contributed by atoms with Crippen LogP contribution in [0.1, 0.15) is 11.5 Å². The Morgan fingerprint density at radius 3 is 2.89 bits per heavy atom. The van der Waals surface area contributed by atoms with E-state index in [1.165, 1.54) is 12.1 Å². The Morgan fingerprint density at radius 1 is 1.30 bits per heavy atom. The van der Waals surface area contributed by atoms with Gasteiger partial charge in [-0.15, -0.1) is 10.2 Å². The van der Waals surface area contributed by atoms with Crippen molar-refractivity contribution in [3.63, 3.8) is 0 Å². The molecule has 1 amide bonds. The van der Waals surface area contributed by atoms with Gasteiger partial charge in [-0.2, -0.15) is 0 Å². The molecule has 0 saturated carbocycles. The van der Waals surface area contributed by atoms with Crippen molar-refractivity contribution in [3.8, 4) is 5.75 Å². The van der Waals surface area contributed by atoms with E-state index in [9.17, 15) is 9.18 Å². The Balaban J connectivity index is 1.49. The third-order valence-electron chi connectivity index (χ3n) is 3.41. The Kier molecular flexibility index (Phi) is 6.31. The number of hydrogen-bond donors (Lipinski definition) is 1. The first kappa shape index (κ1) is 19.2. The first-order valence-electron chi connectivity index (χ1n) is 7.90. The highest BCUT2D eigenvalue weighted by Crippen LogP contribution is 2.23. The number of para-hydroxylation sites is 1. The largest absolute Gasteiger partial charge is 0.484 e. The third-order valence-corrected chi connectivity index (χ3v) is 4.46. The molecule has 27 heavy (non-hydrogen) atoms. The molecule has 1 N–H and O–H groups in total. The monoisotopic (exact) mass is 407 g/mol. The van der Waals surface area contributed by atoms with E-state index in [0.29, 0.717) is 10.8 Å². The van der Waals surface area contributed by atoms with Gasteiger partial charge in [0, 0.05) is 5.02 Å². The minimum Gasteiger partial charge on any atom is -0.484 e. The number of carbonyl (C=O) groups excluding carboxylic acids is 1. The number of thioether (sulfide) groups is 1. The molecular formula is C18H15ClFN3O3S. The average molecular weight is 408 g/mol. The summed E-state index contributed by atoms with van der Waals surface area (Å²) in [6, 6.07) is 11.2. The van der Waals surface area contributed by atoms with Gasteiger partial charge in [-0.25, -0.2) is 4.39 Å². The van der Waals surface area contributed by atoms with E-state index in [1.54, 1.807) is 30.3 Å². The number of hydrogen-bond acceptors (Lipinski definition) is 6. The number of nitrogens with zero attached hydrogens (tertiary/aromatic N) is 2. The predicted octanol–water partition coefficient (Wildman–Crippen LogP) is 4.48. The van der Waals surface area contributed by atoms with Gasteiger partial charge in [-0.3, -0.25) is 4.79 Å². The number of ether oxygens (including phenoxy) is 1. The van der Waals surface area contributed by atoms with Gasteiger partial charge in [0.05, 0.1) is 11.4 Å².